The number of benzene rings is 1. The summed E-state index contributed by atoms with van der Waals surface area (Å²) in [6.07, 6.45) is 5.88. The molecule has 1 amide bonds. The number of carbonyl (C=O) groups is 1. The molecule has 0 aliphatic heterocycles. The molecular weight excluding hydrogens is 270 g/mol. The van der Waals surface area contributed by atoms with E-state index in [1.165, 1.54) is 37.5 Å². The Morgan fingerprint density at radius 3 is 2.62 bits per heavy atom. The Kier molecular flexibility index (Phi) is 4.45. The molecule has 1 aromatic carbocycles. The molecule has 0 spiro atoms. The van der Waals surface area contributed by atoms with Gasteiger partial charge in [-0.05, 0) is 30.4 Å². The van der Waals surface area contributed by atoms with E-state index < -0.39 is 10.8 Å². The van der Waals surface area contributed by atoms with Crippen LogP contribution in [0.5, 0.6) is 0 Å². The molecule has 6 nitrogen and oxygen atoms in total. The van der Waals surface area contributed by atoms with E-state index in [0.717, 1.165) is 12.8 Å². The number of nitro benzene ring substituents is 1. The van der Waals surface area contributed by atoms with E-state index in [-0.39, 0.29) is 16.7 Å². The lowest BCUT2D eigenvalue weighted by molar-refractivity contribution is -0.384. The number of carbonyl (C=O) groups excluding carboxylic acids is 1. The Hall–Kier alpha value is -2.11. The van der Waals surface area contributed by atoms with E-state index in [1.54, 1.807) is 0 Å². The quantitative estimate of drug-likeness (QED) is 0.643. The van der Waals surface area contributed by atoms with Gasteiger partial charge in [0.1, 0.15) is 5.69 Å². The fourth-order valence-electron chi connectivity index (χ4n) is 2.88. The maximum Gasteiger partial charge on any atom is 0.292 e. The van der Waals surface area contributed by atoms with Crippen LogP contribution in [0.3, 0.4) is 0 Å². The molecule has 6 heteroatoms. The van der Waals surface area contributed by atoms with Gasteiger partial charge in [0, 0.05) is 18.2 Å². The normalized spacial score (nSPS) is 17.2. The van der Waals surface area contributed by atoms with E-state index in [2.05, 4.69) is 12.2 Å². The smallest absolute Gasteiger partial charge is 0.292 e. The Bertz CT molecular complexity index is 551. The molecule has 1 fully saturated rings. The van der Waals surface area contributed by atoms with Crippen LogP contribution in [0.15, 0.2) is 18.2 Å². The summed E-state index contributed by atoms with van der Waals surface area (Å²) >= 11 is 0. The first-order chi connectivity index (χ1) is 9.91. The molecule has 114 valence electrons. The van der Waals surface area contributed by atoms with Crippen LogP contribution in [-0.2, 0) is 0 Å². The first-order valence-electron chi connectivity index (χ1n) is 7.23. The maximum absolute atomic E-state index is 11.2. The number of nitro groups is 1. The summed E-state index contributed by atoms with van der Waals surface area (Å²) in [7, 11) is 0. The highest BCUT2D eigenvalue weighted by molar-refractivity contribution is 5.94. The lowest BCUT2D eigenvalue weighted by Crippen LogP contribution is -2.29. The third-order valence-corrected chi connectivity index (χ3v) is 4.24. The summed E-state index contributed by atoms with van der Waals surface area (Å²) in [5.41, 5.74) is 6.00. The topological polar surface area (TPSA) is 98.3 Å². The van der Waals surface area contributed by atoms with Crippen molar-refractivity contribution in [1.29, 1.82) is 0 Å². The summed E-state index contributed by atoms with van der Waals surface area (Å²) in [6, 6.07) is 4.17. The molecule has 1 aromatic rings. The molecule has 0 unspecified atom stereocenters. The molecule has 1 saturated carbocycles. The van der Waals surface area contributed by atoms with Crippen molar-refractivity contribution in [2.75, 3.05) is 11.9 Å². The number of nitrogens with two attached hydrogens (primary N) is 1. The minimum Gasteiger partial charge on any atom is -0.379 e. The van der Waals surface area contributed by atoms with Crippen LogP contribution in [0.2, 0.25) is 0 Å². The van der Waals surface area contributed by atoms with Gasteiger partial charge in [0.15, 0.2) is 0 Å². The van der Waals surface area contributed by atoms with E-state index in [4.69, 9.17) is 5.73 Å². The monoisotopic (exact) mass is 291 g/mol. The predicted molar refractivity (Wildman–Crippen MR) is 81.3 cm³/mol. The van der Waals surface area contributed by atoms with E-state index in [1.807, 2.05) is 0 Å². The first kappa shape index (κ1) is 15.3. The second-order valence-electron chi connectivity index (χ2n) is 6.08. The van der Waals surface area contributed by atoms with Gasteiger partial charge < -0.3 is 11.1 Å². The van der Waals surface area contributed by atoms with Crippen molar-refractivity contribution in [2.45, 2.75) is 39.0 Å². The van der Waals surface area contributed by atoms with E-state index in [0.29, 0.717) is 12.2 Å². The van der Waals surface area contributed by atoms with Gasteiger partial charge in [0.05, 0.1) is 4.92 Å². The van der Waals surface area contributed by atoms with Gasteiger partial charge >= 0.3 is 0 Å². The van der Waals surface area contributed by atoms with Crippen molar-refractivity contribution in [2.24, 2.45) is 11.1 Å². The molecule has 21 heavy (non-hydrogen) atoms. The number of anilines is 1. The number of primary amides is 1. The largest absolute Gasteiger partial charge is 0.379 e. The van der Waals surface area contributed by atoms with E-state index >= 15 is 0 Å². The van der Waals surface area contributed by atoms with Gasteiger partial charge in [-0.2, -0.15) is 0 Å². The van der Waals surface area contributed by atoms with Crippen molar-refractivity contribution >= 4 is 17.3 Å². The van der Waals surface area contributed by atoms with Crippen LogP contribution < -0.4 is 11.1 Å². The van der Waals surface area contributed by atoms with Gasteiger partial charge in [-0.25, -0.2) is 0 Å². The second-order valence-corrected chi connectivity index (χ2v) is 6.08. The number of nitrogens with zero attached hydrogens (tertiary/aromatic N) is 1. The molecule has 2 rings (SSSR count). The van der Waals surface area contributed by atoms with Crippen LogP contribution in [-0.4, -0.2) is 17.4 Å². The molecule has 0 saturated heterocycles. The molecule has 0 heterocycles. The summed E-state index contributed by atoms with van der Waals surface area (Å²) in [4.78, 5) is 21.9. The zero-order valence-corrected chi connectivity index (χ0v) is 12.2. The van der Waals surface area contributed by atoms with Gasteiger partial charge in [-0.15, -0.1) is 0 Å². The van der Waals surface area contributed by atoms with Crippen molar-refractivity contribution in [3.63, 3.8) is 0 Å². The number of hydrogen-bond donors (Lipinski definition) is 2. The first-order valence-corrected chi connectivity index (χ1v) is 7.23. The zero-order chi connectivity index (χ0) is 15.5. The molecule has 0 aromatic heterocycles. The standard InChI is InChI=1S/C15H21N3O3/c1-15(7-3-2-4-8-15)10-17-12-9-11(14(16)19)5-6-13(12)18(20)21/h5-6,9,17H,2-4,7-8,10H2,1H3,(H2,16,19). The maximum atomic E-state index is 11.2. The third kappa shape index (κ3) is 3.71. The summed E-state index contributed by atoms with van der Waals surface area (Å²) < 4.78 is 0. The summed E-state index contributed by atoms with van der Waals surface area (Å²) in [6.45, 7) is 2.86. The Labute approximate surface area is 123 Å². The van der Waals surface area contributed by atoms with Crippen molar-refractivity contribution < 1.29 is 9.72 Å². The average molecular weight is 291 g/mol. The minimum absolute atomic E-state index is 0.0283. The highest BCUT2D eigenvalue weighted by Crippen LogP contribution is 2.36. The average Bonchev–Trinajstić information content (AvgIpc) is 2.45. The van der Waals surface area contributed by atoms with Crippen LogP contribution in [0.25, 0.3) is 0 Å². The number of rotatable bonds is 5. The SMILES string of the molecule is CC1(CNc2cc(C(N)=O)ccc2[N+](=O)[O-])CCCCC1. The molecule has 0 atom stereocenters. The Morgan fingerprint density at radius 2 is 2.05 bits per heavy atom. The fraction of sp³-hybridized carbons (Fsp3) is 0.533. The van der Waals surface area contributed by atoms with Gasteiger partial charge in [0.2, 0.25) is 5.91 Å². The molecule has 1 aliphatic rings. The predicted octanol–water partition coefficient (Wildman–Crippen LogP) is 3.08. The van der Waals surface area contributed by atoms with Crippen molar-refractivity contribution in [3.05, 3.63) is 33.9 Å². The summed E-state index contributed by atoms with van der Waals surface area (Å²) in [5.74, 6) is -0.586. The molecule has 0 bridgehead atoms. The highest BCUT2D eigenvalue weighted by atomic mass is 16.6. The van der Waals surface area contributed by atoms with Crippen LogP contribution in [0, 0.1) is 15.5 Å². The van der Waals surface area contributed by atoms with Crippen LogP contribution >= 0.6 is 0 Å². The number of hydrogen-bond acceptors (Lipinski definition) is 4. The van der Waals surface area contributed by atoms with E-state index in [9.17, 15) is 14.9 Å². The van der Waals surface area contributed by atoms with Crippen LogP contribution in [0.4, 0.5) is 11.4 Å². The number of nitrogens with one attached hydrogen (secondary N) is 1. The zero-order valence-electron chi connectivity index (χ0n) is 12.2. The Balaban J connectivity index is 2.18. The third-order valence-electron chi connectivity index (χ3n) is 4.24. The van der Waals surface area contributed by atoms with Crippen molar-refractivity contribution in [1.82, 2.24) is 0 Å². The van der Waals surface area contributed by atoms with Gasteiger partial charge in [0.25, 0.3) is 5.69 Å². The molecular formula is C15H21N3O3. The van der Waals surface area contributed by atoms with Gasteiger partial charge in [-0.3, -0.25) is 14.9 Å². The second kappa shape index (κ2) is 6.11. The summed E-state index contributed by atoms with van der Waals surface area (Å²) in [5, 5.41) is 14.2. The minimum atomic E-state index is -0.586. The van der Waals surface area contributed by atoms with Crippen LogP contribution in [0.1, 0.15) is 49.4 Å². The molecule has 0 radical (unpaired) electrons. The fourth-order valence-corrected chi connectivity index (χ4v) is 2.88. The lowest BCUT2D eigenvalue weighted by atomic mass is 9.75. The highest BCUT2D eigenvalue weighted by Gasteiger charge is 2.27. The number of amides is 1. The lowest BCUT2D eigenvalue weighted by Gasteiger charge is -2.34. The van der Waals surface area contributed by atoms with Gasteiger partial charge in [-0.1, -0.05) is 26.2 Å². The molecule has 1 aliphatic carbocycles. The van der Waals surface area contributed by atoms with Crippen molar-refractivity contribution in [3.8, 4) is 0 Å². The molecule has 3 N–H and O–H groups in total. The Morgan fingerprint density at radius 1 is 1.38 bits per heavy atom.